The Balaban J connectivity index is 1.67. The van der Waals surface area contributed by atoms with Crippen LogP contribution in [0.15, 0.2) is 83.9 Å². The zero-order valence-electron chi connectivity index (χ0n) is 14.3. The van der Waals surface area contributed by atoms with E-state index in [0.29, 0.717) is 11.1 Å². The van der Waals surface area contributed by atoms with Gasteiger partial charge in [-0.25, -0.2) is 4.98 Å². The molecule has 128 valence electrons. The molecule has 4 nitrogen and oxygen atoms in total. The first-order valence-electron chi connectivity index (χ1n) is 8.36. The lowest BCUT2D eigenvalue weighted by molar-refractivity contribution is 1.38. The monoisotopic (exact) mass is 358 g/mol. The minimum Gasteiger partial charge on any atom is -0.326 e. The quantitative estimate of drug-likeness (QED) is 0.358. The standard InChI is InChI=1S/C21H18N4S/c1-15-11-13-17(14-12-15)23-20(22-16-7-3-2-4-8-16)25-21-24-18-9-5-6-10-19(18)26-21/h2-14H,1H3,(H2,22,23,24,25). The van der Waals surface area contributed by atoms with Crippen molar-refractivity contribution in [1.29, 1.82) is 0 Å². The van der Waals surface area contributed by atoms with Gasteiger partial charge in [-0.3, -0.25) is 0 Å². The van der Waals surface area contributed by atoms with Crippen LogP contribution in [0.5, 0.6) is 0 Å². The Labute approximate surface area is 156 Å². The molecule has 0 aliphatic heterocycles. The van der Waals surface area contributed by atoms with Crippen LogP contribution in [0.4, 0.5) is 16.5 Å². The highest BCUT2D eigenvalue weighted by Gasteiger charge is 2.06. The molecule has 4 aromatic rings. The Hall–Kier alpha value is -3.18. The lowest BCUT2D eigenvalue weighted by atomic mass is 10.2. The number of para-hydroxylation sites is 2. The first kappa shape index (κ1) is 16.3. The molecule has 0 atom stereocenters. The fourth-order valence-corrected chi connectivity index (χ4v) is 3.36. The van der Waals surface area contributed by atoms with E-state index in [2.05, 4.69) is 40.7 Å². The number of rotatable bonds is 3. The Morgan fingerprint density at radius 1 is 0.808 bits per heavy atom. The Kier molecular flexibility index (Phi) is 4.62. The van der Waals surface area contributed by atoms with Gasteiger partial charge in [0.2, 0.25) is 11.1 Å². The average Bonchev–Trinajstić information content (AvgIpc) is 3.06. The van der Waals surface area contributed by atoms with Gasteiger partial charge in [-0.05, 0) is 43.3 Å². The molecule has 0 unspecified atom stereocenters. The second kappa shape index (κ2) is 7.37. The average molecular weight is 358 g/mol. The van der Waals surface area contributed by atoms with Crippen LogP contribution in [0.2, 0.25) is 0 Å². The number of nitrogens with zero attached hydrogens (tertiary/aromatic N) is 2. The molecule has 26 heavy (non-hydrogen) atoms. The van der Waals surface area contributed by atoms with Crippen LogP contribution in [0.25, 0.3) is 10.2 Å². The first-order valence-corrected chi connectivity index (χ1v) is 9.18. The minimum atomic E-state index is 0.638. The normalized spacial score (nSPS) is 11.5. The molecule has 1 aromatic heterocycles. The lowest BCUT2D eigenvalue weighted by Crippen LogP contribution is -2.21. The number of aryl methyl sites for hydroxylation is 1. The van der Waals surface area contributed by atoms with Crippen LogP contribution >= 0.6 is 11.3 Å². The number of nitrogens with one attached hydrogen (secondary N) is 2. The van der Waals surface area contributed by atoms with Gasteiger partial charge in [0.15, 0.2) is 0 Å². The number of hydrogen-bond acceptors (Lipinski definition) is 3. The van der Waals surface area contributed by atoms with Crippen molar-refractivity contribution in [2.75, 3.05) is 10.6 Å². The Bertz CT molecular complexity index is 1000. The molecule has 1 heterocycles. The van der Waals surface area contributed by atoms with Crippen molar-refractivity contribution >= 4 is 44.0 Å². The summed E-state index contributed by atoms with van der Waals surface area (Å²) in [5.41, 5.74) is 4.12. The molecule has 0 aliphatic carbocycles. The second-order valence-electron chi connectivity index (χ2n) is 5.91. The summed E-state index contributed by atoms with van der Waals surface area (Å²) in [6.45, 7) is 2.07. The van der Waals surface area contributed by atoms with E-state index >= 15 is 0 Å². The molecular weight excluding hydrogens is 340 g/mol. The van der Waals surface area contributed by atoms with Gasteiger partial charge in [0.25, 0.3) is 0 Å². The molecule has 0 saturated heterocycles. The fraction of sp³-hybridized carbons (Fsp3) is 0.0476. The third kappa shape index (κ3) is 3.90. The minimum absolute atomic E-state index is 0.638. The maximum Gasteiger partial charge on any atom is 0.213 e. The summed E-state index contributed by atoms with van der Waals surface area (Å²) >= 11 is 1.57. The predicted octanol–water partition coefficient (Wildman–Crippen LogP) is 5.82. The van der Waals surface area contributed by atoms with Gasteiger partial charge >= 0.3 is 0 Å². The number of hydrogen-bond donors (Lipinski definition) is 2. The Morgan fingerprint density at radius 2 is 1.46 bits per heavy atom. The highest BCUT2D eigenvalue weighted by molar-refractivity contribution is 7.22. The summed E-state index contributed by atoms with van der Waals surface area (Å²) < 4.78 is 1.13. The highest BCUT2D eigenvalue weighted by Crippen LogP contribution is 2.28. The molecule has 5 heteroatoms. The van der Waals surface area contributed by atoms with Gasteiger partial charge < -0.3 is 10.6 Å². The van der Waals surface area contributed by atoms with Crippen molar-refractivity contribution in [1.82, 2.24) is 4.98 Å². The molecule has 0 saturated carbocycles. The lowest BCUT2D eigenvalue weighted by Gasteiger charge is -2.12. The molecule has 0 aliphatic rings. The third-order valence-corrected chi connectivity index (χ3v) is 4.77. The predicted molar refractivity (Wildman–Crippen MR) is 112 cm³/mol. The zero-order chi connectivity index (χ0) is 17.8. The maximum absolute atomic E-state index is 4.71. The molecule has 0 bridgehead atoms. The largest absolute Gasteiger partial charge is 0.326 e. The molecule has 0 fully saturated rings. The van der Waals surface area contributed by atoms with Gasteiger partial charge in [-0.15, -0.1) is 0 Å². The molecule has 3 aromatic carbocycles. The summed E-state index contributed by atoms with van der Waals surface area (Å²) in [5.74, 6) is 0.638. The number of thiazole rings is 1. The van der Waals surface area contributed by atoms with E-state index < -0.39 is 0 Å². The molecule has 0 radical (unpaired) electrons. The number of fused-ring (bicyclic) bond motifs is 1. The summed E-state index contributed by atoms with van der Waals surface area (Å²) in [4.78, 5) is 9.31. The fourth-order valence-electron chi connectivity index (χ4n) is 2.52. The van der Waals surface area contributed by atoms with Crippen molar-refractivity contribution in [2.45, 2.75) is 6.92 Å². The van der Waals surface area contributed by atoms with E-state index in [0.717, 1.165) is 21.6 Å². The summed E-state index contributed by atoms with van der Waals surface area (Å²) in [5, 5.41) is 7.41. The van der Waals surface area contributed by atoms with Crippen molar-refractivity contribution in [3.8, 4) is 0 Å². The van der Waals surface area contributed by atoms with E-state index in [9.17, 15) is 0 Å². The highest BCUT2D eigenvalue weighted by atomic mass is 32.1. The van der Waals surface area contributed by atoms with E-state index in [1.54, 1.807) is 11.3 Å². The third-order valence-electron chi connectivity index (χ3n) is 3.84. The molecule has 0 amide bonds. The maximum atomic E-state index is 4.71. The van der Waals surface area contributed by atoms with Crippen LogP contribution < -0.4 is 10.6 Å². The van der Waals surface area contributed by atoms with Crippen molar-refractivity contribution in [3.63, 3.8) is 0 Å². The van der Waals surface area contributed by atoms with Crippen molar-refractivity contribution in [2.24, 2.45) is 4.99 Å². The number of anilines is 2. The van der Waals surface area contributed by atoms with Crippen LogP contribution in [-0.4, -0.2) is 10.9 Å². The number of benzene rings is 3. The van der Waals surface area contributed by atoms with Gasteiger partial charge in [-0.2, -0.15) is 4.99 Å². The summed E-state index contributed by atoms with van der Waals surface area (Å²) in [6, 6.07) is 26.3. The zero-order valence-corrected chi connectivity index (χ0v) is 15.1. The van der Waals surface area contributed by atoms with Crippen LogP contribution in [0.3, 0.4) is 0 Å². The van der Waals surface area contributed by atoms with E-state index in [1.807, 2.05) is 60.7 Å². The second-order valence-corrected chi connectivity index (χ2v) is 6.92. The molecular formula is C21H18N4S. The van der Waals surface area contributed by atoms with Crippen LogP contribution in [0, 0.1) is 6.92 Å². The van der Waals surface area contributed by atoms with Gasteiger partial charge in [-0.1, -0.05) is 59.4 Å². The summed E-state index contributed by atoms with van der Waals surface area (Å²) in [6.07, 6.45) is 0. The Morgan fingerprint density at radius 3 is 2.19 bits per heavy atom. The van der Waals surface area contributed by atoms with Gasteiger partial charge in [0.1, 0.15) is 0 Å². The van der Waals surface area contributed by atoms with Gasteiger partial charge in [0, 0.05) is 11.4 Å². The van der Waals surface area contributed by atoms with Crippen molar-refractivity contribution in [3.05, 3.63) is 84.4 Å². The number of guanidine groups is 1. The van der Waals surface area contributed by atoms with E-state index in [-0.39, 0.29) is 0 Å². The van der Waals surface area contributed by atoms with Gasteiger partial charge in [0.05, 0.1) is 10.2 Å². The van der Waals surface area contributed by atoms with Crippen molar-refractivity contribution < 1.29 is 0 Å². The molecule has 4 rings (SSSR count). The number of aliphatic imine (C=N–C) groups is 1. The first-order chi connectivity index (χ1) is 12.8. The smallest absolute Gasteiger partial charge is 0.213 e. The number of aromatic nitrogens is 1. The molecule has 0 spiro atoms. The SMILES string of the molecule is Cc1ccc(NC(=Nc2nc3ccccc3s2)Nc2ccccc2)cc1. The van der Waals surface area contributed by atoms with Crippen LogP contribution in [0.1, 0.15) is 5.56 Å². The van der Waals surface area contributed by atoms with E-state index in [4.69, 9.17) is 4.99 Å². The topological polar surface area (TPSA) is 49.3 Å². The molecule has 2 N–H and O–H groups in total. The summed E-state index contributed by atoms with van der Waals surface area (Å²) in [7, 11) is 0. The van der Waals surface area contributed by atoms with Crippen LogP contribution in [-0.2, 0) is 0 Å². The van der Waals surface area contributed by atoms with E-state index in [1.165, 1.54) is 5.56 Å².